The number of esters is 1. The van der Waals surface area contributed by atoms with E-state index in [9.17, 15) is 4.79 Å². The summed E-state index contributed by atoms with van der Waals surface area (Å²) in [6.07, 6.45) is 2.67. The van der Waals surface area contributed by atoms with Gasteiger partial charge in [0.05, 0.1) is 6.26 Å². The smallest absolute Gasteiger partial charge is 0.330 e. The Morgan fingerprint density at radius 1 is 1.77 bits per heavy atom. The average molecular weight is 179 g/mol. The van der Waals surface area contributed by atoms with Crippen molar-refractivity contribution in [3.05, 3.63) is 43.7 Å². The molecule has 3 heteroatoms. The number of hydrogen-bond donors (Lipinski definition) is 0. The molecule has 1 atom stereocenters. The summed E-state index contributed by atoms with van der Waals surface area (Å²) in [6, 6.07) is 3.48. The van der Waals surface area contributed by atoms with Crippen LogP contribution in [0.15, 0.2) is 35.5 Å². The van der Waals surface area contributed by atoms with Gasteiger partial charge in [-0.1, -0.05) is 6.58 Å². The molecule has 0 saturated heterocycles. The van der Waals surface area contributed by atoms with Crippen LogP contribution in [0, 0.1) is 6.92 Å². The van der Waals surface area contributed by atoms with Crippen LogP contribution in [0.3, 0.4) is 0 Å². The van der Waals surface area contributed by atoms with E-state index in [-0.39, 0.29) is 0 Å². The molecule has 1 unspecified atom stereocenters. The van der Waals surface area contributed by atoms with Gasteiger partial charge in [-0.05, 0) is 25.5 Å². The first-order chi connectivity index (χ1) is 6.27. The van der Waals surface area contributed by atoms with Gasteiger partial charge in [0.25, 0.3) is 0 Å². The largest absolute Gasteiger partial charge is 0.465 e. The summed E-state index contributed by atoms with van der Waals surface area (Å²) in [7, 11) is 0. The third-order valence-corrected chi connectivity index (χ3v) is 1.55. The van der Waals surface area contributed by atoms with E-state index in [0.717, 1.165) is 6.08 Å². The van der Waals surface area contributed by atoms with Crippen molar-refractivity contribution in [2.45, 2.75) is 12.5 Å². The third kappa shape index (κ3) is 2.47. The minimum absolute atomic E-state index is 0.416. The van der Waals surface area contributed by atoms with Gasteiger partial charge in [-0.3, -0.25) is 0 Å². The van der Waals surface area contributed by atoms with Crippen LogP contribution in [0.5, 0.6) is 0 Å². The monoisotopic (exact) mass is 179 g/mol. The molecule has 1 rings (SSSR count). The summed E-state index contributed by atoms with van der Waals surface area (Å²) in [5.74, 6) is 0.134. The Bertz CT molecular complexity index is 274. The molecule has 0 aromatic carbocycles. The average Bonchev–Trinajstić information content (AvgIpc) is 2.66. The molecule has 0 aliphatic heterocycles. The van der Waals surface area contributed by atoms with Crippen LogP contribution in [0.2, 0.25) is 0 Å². The molecule has 1 aromatic rings. The van der Waals surface area contributed by atoms with Crippen molar-refractivity contribution in [1.29, 1.82) is 0 Å². The molecule has 13 heavy (non-hydrogen) atoms. The maximum absolute atomic E-state index is 10.9. The highest BCUT2D eigenvalue weighted by Gasteiger charge is 2.15. The van der Waals surface area contributed by atoms with E-state index in [4.69, 9.17) is 9.15 Å². The fourth-order valence-corrected chi connectivity index (χ4v) is 0.922. The van der Waals surface area contributed by atoms with Gasteiger partial charge in [-0.2, -0.15) is 0 Å². The van der Waals surface area contributed by atoms with E-state index in [1.807, 2.05) is 0 Å². The van der Waals surface area contributed by atoms with Crippen LogP contribution in [-0.4, -0.2) is 5.97 Å². The summed E-state index contributed by atoms with van der Waals surface area (Å²) in [5.41, 5.74) is 0. The first-order valence-electron chi connectivity index (χ1n) is 3.93. The van der Waals surface area contributed by atoms with Crippen molar-refractivity contribution in [3.63, 3.8) is 0 Å². The van der Waals surface area contributed by atoms with Gasteiger partial charge in [0.15, 0.2) is 6.10 Å². The summed E-state index contributed by atoms with van der Waals surface area (Å²) < 4.78 is 10.1. The Morgan fingerprint density at radius 2 is 2.54 bits per heavy atom. The Hall–Kier alpha value is -1.51. The maximum Gasteiger partial charge on any atom is 0.330 e. The van der Waals surface area contributed by atoms with Crippen molar-refractivity contribution < 1.29 is 13.9 Å². The summed E-state index contributed by atoms with van der Waals surface area (Å²) >= 11 is 0. The van der Waals surface area contributed by atoms with E-state index in [1.54, 1.807) is 12.1 Å². The fraction of sp³-hybridized carbons (Fsp3) is 0.200. The fourth-order valence-electron chi connectivity index (χ4n) is 0.922. The first-order valence-corrected chi connectivity index (χ1v) is 3.93. The zero-order valence-electron chi connectivity index (χ0n) is 7.23. The van der Waals surface area contributed by atoms with Crippen molar-refractivity contribution in [3.8, 4) is 0 Å². The van der Waals surface area contributed by atoms with Gasteiger partial charge in [0, 0.05) is 6.08 Å². The molecule has 0 bridgehead atoms. The molecule has 3 nitrogen and oxygen atoms in total. The second-order valence-electron chi connectivity index (χ2n) is 2.43. The van der Waals surface area contributed by atoms with Gasteiger partial charge in [0.2, 0.25) is 0 Å². The van der Waals surface area contributed by atoms with Gasteiger partial charge in [-0.15, -0.1) is 0 Å². The molecule has 0 fully saturated rings. The lowest BCUT2D eigenvalue weighted by Gasteiger charge is -2.11. The van der Waals surface area contributed by atoms with Crippen LogP contribution < -0.4 is 0 Å². The van der Waals surface area contributed by atoms with E-state index in [0.29, 0.717) is 12.2 Å². The minimum Gasteiger partial charge on any atom is -0.465 e. The summed E-state index contributed by atoms with van der Waals surface area (Å²) in [4.78, 5) is 10.9. The molecule has 69 valence electrons. The molecule has 0 aliphatic rings. The van der Waals surface area contributed by atoms with Gasteiger partial charge in [0.1, 0.15) is 5.76 Å². The Kier molecular flexibility index (Phi) is 3.31. The second-order valence-corrected chi connectivity index (χ2v) is 2.43. The zero-order valence-corrected chi connectivity index (χ0v) is 7.23. The lowest BCUT2D eigenvalue weighted by atomic mass is 10.2. The Labute approximate surface area is 77.0 Å². The summed E-state index contributed by atoms with van der Waals surface area (Å²) in [5, 5.41) is 0. The number of hydrogen-bond acceptors (Lipinski definition) is 3. The van der Waals surface area contributed by atoms with Crippen LogP contribution in [0.1, 0.15) is 18.3 Å². The minimum atomic E-state index is -0.468. The highest BCUT2D eigenvalue weighted by molar-refractivity contribution is 5.81. The molecule has 0 aliphatic carbocycles. The van der Waals surface area contributed by atoms with Crippen molar-refractivity contribution in [1.82, 2.24) is 0 Å². The van der Waals surface area contributed by atoms with E-state index in [1.165, 1.54) is 6.26 Å². The van der Waals surface area contributed by atoms with Crippen LogP contribution in [-0.2, 0) is 9.53 Å². The molecule has 0 N–H and O–H groups in total. The lowest BCUT2D eigenvalue weighted by Crippen LogP contribution is -2.07. The SMILES string of the molecule is [CH2]CC(OC(=O)C=C)c1ccco1. The highest BCUT2D eigenvalue weighted by atomic mass is 16.5. The van der Waals surface area contributed by atoms with E-state index < -0.39 is 12.1 Å². The van der Waals surface area contributed by atoms with Crippen molar-refractivity contribution >= 4 is 5.97 Å². The Balaban J connectivity index is 2.63. The molecule has 0 spiro atoms. The second kappa shape index (κ2) is 4.50. The Morgan fingerprint density at radius 3 is 3.00 bits per heavy atom. The molecule has 1 radical (unpaired) electrons. The number of carbonyl (C=O) groups excluding carboxylic acids is 1. The van der Waals surface area contributed by atoms with Crippen molar-refractivity contribution in [2.24, 2.45) is 0 Å². The predicted molar refractivity (Wildman–Crippen MR) is 47.7 cm³/mol. The molecular formula is C10H11O3. The number of furan rings is 1. The predicted octanol–water partition coefficient (Wildman–Crippen LogP) is 2.27. The highest BCUT2D eigenvalue weighted by Crippen LogP contribution is 2.21. The third-order valence-electron chi connectivity index (χ3n) is 1.55. The van der Waals surface area contributed by atoms with E-state index >= 15 is 0 Å². The topological polar surface area (TPSA) is 39.4 Å². The van der Waals surface area contributed by atoms with Gasteiger partial charge in [-0.25, -0.2) is 4.79 Å². The molecular weight excluding hydrogens is 168 g/mol. The summed E-state index contributed by atoms with van der Waals surface area (Å²) in [6.45, 7) is 6.96. The number of ether oxygens (including phenoxy) is 1. The maximum atomic E-state index is 10.9. The number of carbonyl (C=O) groups is 1. The first kappa shape index (κ1) is 9.58. The van der Waals surface area contributed by atoms with Gasteiger partial charge >= 0.3 is 5.97 Å². The van der Waals surface area contributed by atoms with Crippen LogP contribution in [0.25, 0.3) is 0 Å². The standard InChI is InChI=1S/C10H11O3/c1-3-8(13-10(11)4-2)9-6-5-7-12-9/h4-8H,1-3H2. The zero-order chi connectivity index (χ0) is 9.68. The number of rotatable bonds is 4. The normalized spacial score (nSPS) is 12.1. The molecule has 0 saturated carbocycles. The van der Waals surface area contributed by atoms with E-state index in [2.05, 4.69) is 13.5 Å². The lowest BCUT2D eigenvalue weighted by molar-refractivity contribution is -0.144. The molecule has 1 heterocycles. The molecule has 1 aromatic heterocycles. The van der Waals surface area contributed by atoms with Crippen LogP contribution >= 0.6 is 0 Å². The van der Waals surface area contributed by atoms with Crippen LogP contribution in [0.4, 0.5) is 0 Å². The van der Waals surface area contributed by atoms with Gasteiger partial charge < -0.3 is 9.15 Å². The molecule has 0 amide bonds. The quantitative estimate of drug-likeness (QED) is 0.525. The van der Waals surface area contributed by atoms with Crippen molar-refractivity contribution in [2.75, 3.05) is 0 Å².